The van der Waals surface area contributed by atoms with Crippen molar-refractivity contribution in [2.45, 2.75) is 62.5 Å². The van der Waals surface area contributed by atoms with Crippen molar-refractivity contribution < 1.29 is 4.74 Å². The SMILES string of the molecule is Brc1ccc(C2(CCNCc3ccccc3)CCOC3(CCCC3)C2)cc1. The first kappa shape index (κ1) is 19.2. The first-order valence-corrected chi connectivity index (χ1v) is 11.1. The molecule has 1 aliphatic carbocycles. The number of halogens is 1. The monoisotopic (exact) mass is 427 g/mol. The Hall–Kier alpha value is -1.16. The van der Waals surface area contributed by atoms with Gasteiger partial charge in [0.1, 0.15) is 0 Å². The summed E-state index contributed by atoms with van der Waals surface area (Å²) in [5.74, 6) is 0. The molecule has 1 atom stereocenters. The van der Waals surface area contributed by atoms with E-state index in [-0.39, 0.29) is 11.0 Å². The van der Waals surface area contributed by atoms with Crippen LogP contribution >= 0.6 is 15.9 Å². The molecule has 2 nitrogen and oxygen atoms in total. The zero-order valence-electron chi connectivity index (χ0n) is 16.1. The lowest BCUT2D eigenvalue weighted by atomic mass is 9.66. The molecular formula is C24H30BrNO. The van der Waals surface area contributed by atoms with E-state index < -0.39 is 0 Å². The van der Waals surface area contributed by atoms with Crippen molar-refractivity contribution in [3.63, 3.8) is 0 Å². The summed E-state index contributed by atoms with van der Waals surface area (Å²) in [6.07, 6.45) is 8.60. The molecule has 27 heavy (non-hydrogen) atoms. The zero-order valence-corrected chi connectivity index (χ0v) is 17.6. The molecule has 0 aromatic heterocycles. The second kappa shape index (κ2) is 8.46. The van der Waals surface area contributed by atoms with Gasteiger partial charge in [-0.1, -0.05) is 71.2 Å². The van der Waals surface area contributed by atoms with Gasteiger partial charge in [-0.25, -0.2) is 0 Å². The Labute approximate surface area is 171 Å². The predicted molar refractivity (Wildman–Crippen MR) is 115 cm³/mol. The number of benzene rings is 2. The van der Waals surface area contributed by atoms with E-state index in [9.17, 15) is 0 Å². The molecule has 1 saturated heterocycles. The standard InChI is InChI=1S/C24H30BrNO/c25-22-10-8-21(9-11-22)23(14-16-26-18-20-6-2-1-3-7-20)15-17-27-24(19-23)12-4-5-13-24/h1-3,6-11,26H,4-5,12-19H2. The maximum atomic E-state index is 6.37. The first-order valence-electron chi connectivity index (χ1n) is 10.3. The van der Waals surface area contributed by atoms with Crippen LogP contribution in [0.2, 0.25) is 0 Å². The minimum absolute atomic E-state index is 0.130. The van der Waals surface area contributed by atoms with Crippen LogP contribution in [-0.2, 0) is 16.7 Å². The van der Waals surface area contributed by atoms with E-state index in [1.54, 1.807) is 0 Å². The topological polar surface area (TPSA) is 21.3 Å². The lowest BCUT2D eigenvalue weighted by Crippen LogP contribution is -2.47. The summed E-state index contributed by atoms with van der Waals surface area (Å²) < 4.78 is 7.53. The van der Waals surface area contributed by atoms with Crippen molar-refractivity contribution in [2.24, 2.45) is 0 Å². The van der Waals surface area contributed by atoms with Crippen LogP contribution in [0.4, 0.5) is 0 Å². The number of hydrogen-bond donors (Lipinski definition) is 1. The van der Waals surface area contributed by atoms with Gasteiger partial charge in [0.25, 0.3) is 0 Å². The number of rotatable bonds is 6. The van der Waals surface area contributed by atoms with Gasteiger partial charge in [0.15, 0.2) is 0 Å². The Bertz CT molecular complexity index is 724. The van der Waals surface area contributed by atoms with Gasteiger partial charge in [-0.05, 0) is 61.9 Å². The Morgan fingerprint density at radius 1 is 0.926 bits per heavy atom. The molecule has 2 aromatic rings. The Balaban J connectivity index is 1.48. The fraction of sp³-hybridized carbons (Fsp3) is 0.500. The predicted octanol–water partition coefficient (Wildman–Crippen LogP) is 5.99. The van der Waals surface area contributed by atoms with E-state index >= 15 is 0 Å². The lowest BCUT2D eigenvalue weighted by molar-refractivity contribution is -0.103. The fourth-order valence-corrected chi connectivity index (χ4v) is 5.39. The smallest absolute Gasteiger partial charge is 0.0691 e. The maximum Gasteiger partial charge on any atom is 0.0691 e. The molecule has 144 valence electrons. The van der Waals surface area contributed by atoms with Crippen LogP contribution in [0.3, 0.4) is 0 Å². The molecule has 1 spiro atoms. The van der Waals surface area contributed by atoms with E-state index in [0.717, 1.165) is 30.6 Å². The number of hydrogen-bond acceptors (Lipinski definition) is 2. The highest BCUT2D eigenvalue weighted by Gasteiger charge is 2.47. The maximum absolute atomic E-state index is 6.37. The van der Waals surface area contributed by atoms with E-state index in [4.69, 9.17) is 4.74 Å². The molecule has 4 rings (SSSR count). The summed E-state index contributed by atoms with van der Waals surface area (Å²) in [6, 6.07) is 19.8. The van der Waals surface area contributed by atoms with E-state index in [1.807, 2.05) is 0 Å². The fourth-order valence-electron chi connectivity index (χ4n) is 5.12. The van der Waals surface area contributed by atoms with Gasteiger partial charge in [0, 0.05) is 23.0 Å². The summed E-state index contributed by atoms with van der Waals surface area (Å²) in [7, 11) is 0. The van der Waals surface area contributed by atoms with Gasteiger partial charge in [-0.2, -0.15) is 0 Å². The minimum atomic E-state index is 0.130. The molecule has 2 fully saturated rings. The lowest BCUT2D eigenvalue weighted by Gasteiger charge is -2.47. The molecule has 2 aliphatic rings. The second-order valence-electron chi connectivity index (χ2n) is 8.36. The summed E-state index contributed by atoms with van der Waals surface area (Å²) in [5, 5.41) is 3.68. The normalized spacial score (nSPS) is 24.3. The molecular weight excluding hydrogens is 398 g/mol. The second-order valence-corrected chi connectivity index (χ2v) is 9.28. The minimum Gasteiger partial charge on any atom is -0.375 e. The van der Waals surface area contributed by atoms with Gasteiger partial charge in [0.05, 0.1) is 5.60 Å². The highest BCUT2D eigenvalue weighted by molar-refractivity contribution is 9.10. The first-order chi connectivity index (χ1) is 13.2. The third-order valence-corrected chi connectivity index (χ3v) is 7.10. The number of ether oxygens (including phenoxy) is 1. The molecule has 1 aliphatic heterocycles. The number of nitrogens with one attached hydrogen (secondary N) is 1. The van der Waals surface area contributed by atoms with Gasteiger partial charge in [-0.15, -0.1) is 0 Å². The van der Waals surface area contributed by atoms with Gasteiger partial charge in [0.2, 0.25) is 0 Å². The average Bonchev–Trinajstić information content (AvgIpc) is 3.14. The zero-order chi connectivity index (χ0) is 18.6. The third-order valence-electron chi connectivity index (χ3n) is 6.57. The van der Waals surface area contributed by atoms with E-state index in [2.05, 4.69) is 75.8 Å². The van der Waals surface area contributed by atoms with E-state index in [1.165, 1.54) is 49.7 Å². The van der Waals surface area contributed by atoms with Crippen molar-refractivity contribution in [1.82, 2.24) is 5.32 Å². The summed E-state index contributed by atoms with van der Waals surface area (Å²) in [5.41, 5.74) is 3.20. The highest BCUT2D eigenvalue weighted by Crippen LogP contribution is 2.50. The molecule has 1 heterocycles. The third kappa shape index (κ3) is 4.47. The van der Waals surface area contributed by atoms with Crippen LogP contribution in [-0.4, -0.2) is 18.8 Å². The van der Waals surface area contributed by atoms with Crippen LogP contribution in [0.25, 0.3) is 0 Å². The molecule has 2 aromatic carbocycles. The van der Waals surface area contributed by atoms with Crippen LogP contribution in [0.1, 0.15) is 56.1 Å². The van der Waals surface area contributed by atoms with Crippen molar-refractivity contribution in [3.8, 4) is 0 Å². The molecule has 3 heteroatoms. The Morgan fingerprint density at radius 2 is 1.67 bits per heavy atom. The largest absolute Gasteiger partial charge is 0.375 e. The van der Waals surface area contributed by atoms with Gasteiger partial charge < -0.3 is 10.1 Å². The van der Waals surface area contributed by atoms with E-state index in [0.29, 0.717) is 0 Å². The molecule has 1 saturated carbocycles. The molecule has 0 bridgehead atoms. The highest BCUT2D eigenvalue weighted by atomic mass is 79.9. The summed E-state index contributed by atoms with van der Waals surface area (Å²) in [4.78, 5) is 0. The Kier molecular flexibility index (Phi) is 6.01. The van der Waals surface area contributed by atoms with Crippen LogP contribution in [0.5, 0.6) is 0 Å². The Morgan fingerprint density at radius 3 is 2.41 bits per heavy atom. The summed E-state index contributed by atoms with van der Waals surface area (Å²) >= 11 is 3.60. The quantitative estimate of drug-likeness (QED) is 0.571. The molecule has 0 amide bonds. The average molecular weight is 428 g/mol. The van der Waals surface area contributed by atoms with Crippen molar-refractivity contribution in [3.05, 3.63) is 70.2 Å². The van der Waals surface area contributed by atoms with Crippen molar-refractivity contribution in [2.75, 3.05) is 13.2 Å². The van der Waals surface area contributed by atoms with Crippen molar-refractivity contribution in [1.29, 1.82) is 0 Å². The summed E-state index contributed by atoms with van der Waals surface area (Å²) in [6.45, 7) is 2.88. The molecule has 0 radical (unpaired) electrons. The van der Waals surface area contributed by atoms with Crippen LogP contribution in [0, 0.1) is 0 Å². The van der Waals surface area contributed by atoms with Gasteiger partial charge in [-0.3, -0.25) is 0 Å². The van der Waals surface area contributed by atoms with Crippen LogP contribution < -0.4 is 5.32 Å². The van der Waals surface area contributed by atoms with Gasteiger partial charge >= 0.3 is 0 Å². The molecule has 1 unspecified atom stereocenters. The van der Waals surface area contributed by atoms with Crippen LogP contribution in [0.15, 0.2) is 59.1 Å². The molecule has 1 N–H and O–H groups in total. The van der Waals surface area contributed by atoms with Crippen molar-refractivity contribution >= 4 is 15.9 Å².